The van der Waals surface area contributed by atoms with Crippen molar-refractivity contribution in [1.82, 2.24) is 9.81 Å². The first-order chi connectivity index (χ1) is 12.3. The monoisotopic (exact) mass is 398 g/mol. The van der Waals surface area contributed by atoms with Gasteiger partial charge in [-0.15, -0.1) is 0 Å². The average molecular weight is 399 g/mol. The van der Waals surface area contributed by atoms with Gasteiger partial charge in [0.05, 0.1) is 18.8 Å². The molecule has 27 heavy (non-hydrogen) atoms. The highest BCUT2D eigenvalue weighted by Gasteiger charge is 2.52. The van der Waals surface area contributed by atoms with Gasteiger partial charge in [-0.05, 0) is 50.7 Å². The third-order valence-electron chi connectivity index (χ3n) is 6.34. The van der Waals surface area contributed by atoms with Gasteiger partial charge >= 0.3 is 0 Å². The van der Waals surface area contributed by atoms with Crippen LogP contribution >= 0.6 is 0 Å². The number of amides is 1. The van der Waals surface area contributed by atoms with Crippen LogP contribution in [-0.4, -0.2) is 50.3 Å². The lowest BCUT2D eigenvalue weighted by molar-refractivity contribution is -0.278. The summed E-state index contributed by atoms with van der Waals surface area (Å²) in [4.78, 5) is 16.4. The molecule has 2 aliphatic rings. The first-order valence-corrected chi connectivity index (χ1v) is 12.6. The Morgan fingerprint density at radius 1 is 1.44 bits per heavy atom. The Labute approximate surface area is 163 Å². The molecule has 0 aromatic heterocycles. The highest BCUT2D eigenvalue weighted by Crippen LogP contribution is 2.46. The molecule has 2 rings (SSSR count). The van der Waals surface area contributed by atoms with Crippen molar-refractivity contribution in [1.29, 1.82) is 5.53 Å². The van der Waals surface area contributed by atoms with Crippen LogP contribution in [0.5, 0.6) is 0 Å². The molecular weight excluding hydrogens is 364 g/mol. The van der Waals surface area contributed by atoms with Crippen molar-refractivity contribution in [3.05, 3.63) is 0 Å². The van der Waals surface area contributed by atoms with E-state index in [4.69, 9.17) is 14.7 Å². The number of ether oxygens (including phenoxy) is 1. The normalized spacial score (nSPS) is 25.0. The van der Waals surface area contributed by atoms with Crippen LogP contribution in [0.3, 0.4) is 0 Å². The first-order valence-electron chi connectivity index (χ1n) is 9.67. The molecule has 1 saturated carbocycles. The molecule has 1 saturated heterocycles. The minimum absolute atomic E-state index is 0.0116. The van der Waals surface area contributed by atoms with Crippen LogP contribution in [0.1, 0.15) is 47.5 Å². The van der Waals surface area contributed by atoms with Gasteiger partial charge < -0.3 is 24.0 Å². The molecule has 0 aromatic carbocycles. The lowest BCUT2D eigenvalue weighted by Crippen LogP contribution is -2.60. The van der Waals surface area contributed by atoms with E-state index in [0.717, 1.165) is 12.8 Å². The molecule has 3 atom stereocenters. The van der Waals surface area contributed by atoms with Gasteiger partial charge in [-0.25, -0.2) is 0 Å². The molecule has 1 N–H and O–H groups in total. The van der Waals surface area contributed by atoms with Crippen molar-refractivity contribution < 1.29 is 19.1 Å². The van der Waals surface area contributed by atoms with Crippen LogP contribution < -0.4 is 10.0 Å². The third-order valence-corrected chi connectivity index (χ3v) is 10.8. The summed E-state index contributed by atoms with van der Waals surface area (Å²) in [5.74, 6) is 0.426. The molecular formula is C18H34N4O4Si. The highest BCUT2D eigenvalue weighted by molar-refractivity contribution is 6.74. The van der Waals surface area contributed by atoms with Crippen LogP contribution in [0.4, 0.5) is 4.79 Å². The minimum Gasteiger partial charge on any atom is -0.530 e. The molecule has 1 heterocycles. The lowest BCUT2D eigenvalue weighted by Gasteiger charge is -2.46. The van der Waals surface area contributed by atoms with E-state index in [2.05, 4.69) is 43.9 Å². The standard InChI is InChI=1S/C18H34N4O4Si/c1-17(2,3)27(6,7)26-15(13(10-20-21-19)12-8-9-12)14-11-25-18(4,5)22(14)16(23)24/h12-15,19H,8-11H2,1-7H3/t13-,14-,15-/m1/s1. The zero-order valence-corrected chi connectivity index (χ0v) is 18.6. The molecule has 2 fully saturated rings. The maximum atomic E-state index is 11.9. The maximum Gasteiger partial charge on any atom is 0.214 e. The topological polar surface area (TPSA) is 112 Å². The summed E-state index contributed by atoms with van der Waals surface area (Å²) in [6, 6.07) is -0.453. The highest BCUT2D eigenvalue weighted by atomic mass is 28.4. The SMILES string of the molecule is CC1(C)OC[C@H]([C@H](O[Si](C)(C)C(C)(C)C)[C@H](CN=[N+]=N)C2CC2)N1C(=O)[O-]. The van der Waals surface area contributed by atoms with Crippen LogP contribution in [-0.2, 0) is 9.16 Å². The smallest absolute Gasteiger partial charge is 0.214 e. The Balaban J connectivity index is 2.42. The fourth-order valence-corrected chi connectivity index (χ4v) is 4.94. The number of carbonyl (C=O) groups is 1. The quantitative estimate of drug-likeness (QED) is 0.403. The molecule has 0 unspecified atom stereocenters. The molecule has 0 bridgehead atoms. The summed E-state index contributed by atoms with van der Waals surface area (Å²) < 4.78 is 12.6. The Kier molecular flexibility index (Phi) is 6.21. The largest absolute Gasteiger partial charge is 0.530 e. The number of carbonyl (C=O) groups excluding carboxylic acids is 1. The Bertz CT molecular complexity index is 609. The minimum atomic E-state index is -2.18. The van der Waals surface area contributed by atoms with Crippen LogP contribution in [0.25, 0.3) is 0 Å². The molecule has 1 amide bonds. The van der Waals surface area contributed by atoms with E-state index in [1.165, 1.54) is 4.90 Å². The number of rotatable bonds is 7. The zero-order valence-electron chi connectivity index (χ0n) is 17.6. The van der Waals surface area contributed by atoms with Crippen molar-refractivity contribution in [2.45, 2.75) is 83.5 Å². The molecule has 0 spiro atoms. The van der Waals surface area contributed by atoms with E-state index in [-0.39, 0.29) is 23.7 Å². The van der Waals surface area contributed by atoms with E-state index < -0.39 is 26.2 Å². The van der Waals surface area contributed by atoms with Gasteiger partial charge in [-0.2, -0.15) is 0 Å². The molecule has 0 radical (unpaired) electrons. The van der Waals surface area contributed by atoms with Crippen LogP contribution in [0, 0.1) is 17.4 Å². The first kappa shape index (κ1) is 22.0. The summed E-state index contributed by atoms with van der Waals surface area (Å²) in [5.41, 5.74) is 6.09. The Morgan fingerprint density at radius 2 is 2.04 bits per heavy atom. The van der Waals surface area contributed by atoms with Crippen LogP contribution in [0.2, 0.25) is 18.1 Å². The predicted octanol–water partition coefficient (Wildman–Crippen LogP) is 2.73. The summed E-state index contributed by atoms with van der Waals surface area (Å²) in [6.45, 7) is 14.9. The van der Waals surface area contributed by atoms with Gasteiger partial charge in [0.2, 0.25) is 4.91 Å². The third kappa shape index (κ3) is 4.77. The number of carboxylic acid groups (broad SMARTS) is 1. The second kappa shape index (κ2) is 7.62. The number of hydrogen-bond acceptors (Lipinski definition) is 6. The van der Waals surface area contributed by atoms with Crippen molar-refractivity contribution >= 4 is 14.4 Å². The molecule has 8 nitrogen and oxygen atoms in total. The molecule has 1 aliphatic carbocycles. The molecule has 9 heteroatoms. The predicted molar refractivity (Wildman–Crippen MR) is 101 cm³/mol. The Morgan fingerprint density at radius 3 is 2.48 bits per heavy atom. The fraction of sp³-hybridized carbons (Fsp3) is 0.944. The van der Waals surface area contributed by atoms with Gasteiger partial charge in [0.1, 0.15) is 29.0 Å². The van der Waals surface area contributed by atoms with E-state index in [1.54, 1.807) is 13.8 Å². The van der Waals surface area contributed by atoms with Crippen LogP contribution in [0.15, 0.2) is 5.11 Å². The van der Waals surface area contributed by atoms with Gasteiger partial charge in [0.15, 0.2) is 8.32 Å². The van der Waals surface area contributed by atoms with E-state index in [9.17, 15) is 9.90 Å². The summed E-state index contributed by atoms with van der Waals surface area (Å²) in [6.07, 6.45) is 0.530. The van der Waals surface area contributed by atoms with Crippen molar-refractivity contribution in [2.24, 2.45) is 17.0 Å². The van der Waals surface area contributed by atoms with Gasteiger partial charge in [-0.3, -0.25) is 0 Å². The van der Waals surface area contributed by atoms with Gasteiger partial charge in [0, 0.05) is 5.92 Å². The second-order valence-electron chi connectivity index (χ2n) is 9.73. The van der Waals surface area contributed by atoms with Crippen molar-refractivity contribution in [3.63, 3.8) is 0 Å². The molecule has 0 aromatic rings. The number of nitrogens with one attached hydrogen (secondary N) is 1. The zero-order chi connectivity index (χ0) is 20.6. The second-order valence-corrected chi connectivity index (χ2v) is 14.5. The van der Waals surface area contributed by atoms with Crippen molar-refractivity contribution in [3.8, 4) is 0 Å². The van der Waals surface area contributed by atoms with Crippen molar-refractivity contribution in [2.75, 3.05) is 13.2 Å². The summed E-state index contributed by atoms with van der Waals surface area (Å²) >= 11 is 0. The fourth-order valence-electron chi connectivity index (χ4n) is 3.58. The van der Waals surface area contributed by atoms with E-state index >= 15 is 0 Å². The maximum absolute atomic E-state index is 11.9. The lowest BCUT2D eigenvalue weighted by atomic mass is 9.91. The number of hydrogen-bond donors (Lipinski definition) is 1. The average Bonchev–Trinajstić information content (AvgIpc) is 3.28. The van der Waals surface area contributed by atoms with E-state index in [1.807, 2.05) is 0 Å². The van der Waals surface area contributed by atoms with Gasteiger partial charge in [-0.1, -0.05) is 20.8 Å². The Hall–Kier alpha value is -1.28. The molecule has 154 valence electrons. The summed E-state index contributed by atoms with van der Waals surface area (Å²) in [5, 5.41) is 15.8. The van der Waals surface area contributed by atoms with Gasteiger partial charge in [0.25, 0.3) is 0 Å². The molecule has 1 aliphatic heterocycles. The van der Waals surface area contributed by atoms with E-state index in [0.29, 0.717) is 12.5 Å². The number of nitrogens with zero attached hydrogens (tertiary/aromatic N) is 3. The summed E-state index contributed by atoms with van der Waals surface area (Å²) in [7, 11) is -2.18.